The fraction of sp³-hybridized carbons (Fsp3) is 0.111. The third-order valence-corrected chi connectivity index (χ3v) is 11.0. The molecule has 43 heavy (non-hydrogen) atoms. The van der Waals surface area contributed by atoms with Crippen LogP contribution in [0.15, 0.2) is 139 Å². The molecule has 0 aliphatic heterocycles. The number of rotatable bonds is 5. The zero-order chi connectivity index (χ0) is 28.8. The van der Waals surface area contributed by atoms with Crippen LogP contribution in [-0.4, -0.2) is 0 Å². The Kier molecular flexibility index (Phi) is 8.77. The SMILES string of the molecule is CC(c1ccccc1)N(C(C)c1ccccc1)p1oc2c(Br)cc3ccccc3c2c2c(o1)c(Br)cc1ccccc12.S. The van der Waals surface area contributed by atoms with E-state index in [4.69, 9.17) is 8.39 Å². The summed E-state index contributed by atoms with van der Waals surface area (Å²) in [5.41, 5.74) is 4.00. The highest BCUT2D eigenvalue weighted by molar-refractivity contribution is 9.11. The lowest BCUT2D eigenvalue weighted by Crippen LogP contribution is -2.27. The van der Waals surface area contributed by atoms with Crippen LogP contribution in [0.2, 0.25) is 0 Å². The minimum atomic E-state index is -1.63. The van der Waals surface area contributed by atoms with Crippen molar-refractivity contribution in [3.8, 4) is 0 Å². The summed E-state index contributed by atoms with van der Waals surface area (Å²) >= 11 is 7.82. The van der Waals surface area contributed by atoms with E-state index in [9.17, 15) is 0 Å². The molecular weight excluding hydrogens is 701 g/mol. The molecule has 1 aromatic heterocycles. The van der Waals surface area contributed by atoms with Crippen LogP contribution >= 0.6 is 53.5 Å². The van der Waals surface area contributed by atoms with Crippen molar-refractivity contribution >= 4 is 97.0 Å². The second-order valence-electron chi connectivity index (χ2n) is 10.5. The van der Waals surface area contributed by atoms with Gasteiger partial charge in [0.25, 0.3) is 0 Å². The van der Waals surface area contributed by atoms with Crippen molar-refractivity contribution < 1.29 is 8.39 Å². The Morgan fingerprint density at radius 3 is 1.35 bits per heavy atom. The highest BCUT2D eigenvalue weighted by Crippen LogP contribution is 2.50. The third-order valence-electron chi connectivity index (χ3n) is 8.05. The first-order valence-corrected chi connectivity index (χ1v) is 16.7. The van der Waals surface area contributed by atoms with Crippen LogP contribution in [0.5, 0.6) is 0 Å². The number of halogens is 2. The Labute approximate surface area is 275 Å². The van der Waals surface area contributed by atoms with Crippen molar-refractivity contribution in [1.82, 2.24) is 0 Å². The maximum absolute atomic E-state index is 7.13. The second kappa shape index (κ2) is 12.6. The van der Waals surface area contributed by atoms with E-state index in [1.807, 2.05) is 0 Å². The van der Waals surface area contributed by atoms with Crippen molar-refractivity contribution in [2.45, 2.75) is 25.9 Å². The van der Waals surface area contributed by atoms with Crippen molar-refractivity contribution in [2.75, 3.05) is 4.67 Å². The van der Waals surface area contributed by atoms with Crippen LogP contribution in [0.4, 0.5) is 0 Å². The highest BCUT2D eigenvalue weighted by atomic mass is 79.9. The lowest BCUT2D eigenvalue weighted by molar-refractivity contribution is 0.557. The van der Waals surface area contributed by atoms with Crippen LogP contribution in [0.25, 0.3) is 43.5 Å². The van der Waals surface area contributed by atoms with Gasteiger partial charge in [0.2, 0.25) is 0 Å². The first-order valence-electron chi connectivity index (χ1n) is 14.0. The first kappa shape index (κ1) is 30.1. The zero-order valence-electron chi connectivity index (χ0n) is 23.7. The van der Waals surface area contributed by atoms with E-state index in [2.05, 4.69) is 172 Å². The molecule has 0 N–H and O–H groups in total. The molecule has 0 radical (unpaired) electrons. The van der Waals surface area contributed by atoms with Crippen molar-refractivity contribution in [3.05, 3.63) is 141 Å². The molecule has 0 bridgehead atoms. The molecule has 216 valence electrons. The van der Waals surface area contributed by atoms with Gasteiger partial charge < -0.3 is 8.39 Å². The van der Waals surface area contributed by atoms with Gasteiger partial charge in [0.05, 0.1) is 8.95 Å². The average Bonchev–Trinajstić information content (AvgIpc) is 3.21. The van der Waals surface area contributed by atoms with Gasteiger partial charge in [0.15, 0.2) is 11.2 Å². The molecule has 6 aromatic carbocycles. The Bertz CT molecular complexity index is 1970. The first-order chi connectivity index (χ1) is 20.5. The van der Waals surface area contributed by atoms with Crippen LogP contribution in [0.1, 0.15) is 37.1 Å². The largest absolute Gasteiger partial charge is 0.407 e. The third kappa shape index (κ3) is 5.45. The standard InChI is InChI=1S/C36H28Br2NO2P.H2S/c1-23(25-13-5-3-6-14-25)39(24(2)26-15-7-4-8-16-26)42-40-35-31(37)21-27-17-9-11-19-29(27)33(35)34-30-20-12-10-18-28(30)22-32(38)36(34)41-42;/h3-24H,1-2H3;1H2. The highest BCUT2D eigenvalue weighted by Gasteiger charge is 2.30. The average molecular weight is 731 g/mol. The van der Waals surface area contributed by atoms with E-state index >= 15 is 0 Å². The topological polar surface area (TPSA) is 29.5 Å². The molecule has 2 unspecified atom stereocenters. The lowest BCUT2D eigenvalue weighted by Gasteiger charge is -2.31. The molecule has 1 heterocycles. The summed E-state index contributed by atoms with van der Waals surface area (Å²) in [7, 11) is -1.63. The zero-order valence-corrected chi connectivity index (χ0v) is 28.7. The number of hydrogen-bond acceptors (Lipinski definition) is 3. The van der Waals surface area contributed by atoms with Crippen LogP contribution in [-0.2, 0) is 0 Å². The minimum absolute atomic E-state index is 0. The molecule has 0 aliphatic carbocycles. The molecule has 0 spiro atoms. The van der Waals surface area contributed by atoms with E-state index in [1.165, 1.54) is 11.1 Å². The van der Waals surface area contributed by atoms with Crippen LogP contribution in [0, 0.1) is 0 Å². The number of nitrogens with zero attached hydrogens (tertiary/aromatic N) is 1. The van der Waals surface area contributed by atoms with Gasteiger partial charge in [-0.05, 0) is 90.5 Å². The normalized spacial score (nSPS) is 13.0. The summed E-state index contributed by atoms with van der Waals surface area (Å²) in [5, 5.41) is 6.60. The van der Waals surface area contributed by atoms with Gasteiger partial charge in [0, 0.05) is 22.9 Å². The Hall–Kier alpha value is -2.99. The van der Waals surface area contributed by atoms with Crippen LogP contribution < -0.4 is 4.67 Å². The van der Waals surface area contributed by atoms with Crippen molar-refractivity contribution in [2.24, 2.45) is 0 Å². The summed E-state index contributed by atoms with van der Waals surface area (Å²) in [4.78, 5) is 0. The van der Waals surface area contributed by atoms with Crippen LogP contribution in [0.3, 0.4) is 0 Å². The van der Waals surface area contributed by atoms with Gasteiger partial charge in [-0.15, -0.1) is 0 Å². The molecule has 0 saturated carbocycles. The summed E-state index contributed by atoms with van der Waals surface area (Å²) in [5.74, 6) is 0. The molecule has 2 atom stereocenters. The van der Waals surface area contributed by atoms with Gasteiger partial charge in [-0.1, -0.05) is 109 Å². The molecule has 0 saturated heterocycles. The molecule has 3 nitrogen and oxygen atoms in total. The Morgan fingerprint density at radius 1 is 0.558 bits per heavy atom. The van der Waals surface area contributed by atoms with Gasteiger partial charge in [-0.25, -0.2) is 0 Å². The predicted molar refractivity (Wildman–Crippen MR) is 195 cm³/mol. The van der Waals surface area contributed by atoms with E-state index < -0.39 is 8.16 Å². The fourth-order valence-corrected chi connectivity index (χ4v) is 8.97. The van der Waals surface area contributed by atoms with E-state index in [1.54, 1.807) is 0 Å². The smallest absolute Gasteiger partial charge is 0.310 e. The predicted octanol–water partition coefficient (Wildman–Crippen LogP) is 12.7. The molecular formula is C36H30Br2NO2PS. The second-order valence-corrected chi connectivity index (χ2v) is 13.6. The molecule has 7 aromatic rings. The summed E-state index contributed by atoms with van der Waals surface area (Å²) in [6.07, 6.45) is 0. The number of fused-ring (bicyclic) bond motifs is 7. The van der Waals surface area contributed by atoms with Gasteiger partial charge in [0.1, 0.15) is 0 Å². The molecule has 7 heteroatoms. The van der Waals surface area contributed by atoms with E-state index in [0.29, 0.717) is 0 Å². The van der Waals surface area contributed by atoms with Crippen molar-refractivity contribution in [3.63, 3.8) is 0 Å². The fourth-order valence-electron chi connectivity index (χ4n) is 5.92. The van der Waals surface area contributed by atoms with Crippen molar-refractivity contribution in [1.29, 1.82) is 0 Å². The summed E-state index contributed by atoms with van der Waals surface area (Å²) in [6.45, 7) is 4.48. The summed E-state index contributed by atoms with van der Waals surface area (Å²) in [6, 6.07) is 42.5. The summed E-state index contributed by atoms with van der Waals surface area (Å²) < 4.78 is 18.5. The minimum Gasteiger partial charge on any atom is -0.407 e. The maximum atomic E-state index is 7.13. The molecule has 0 amide bonds. The Morgan fingerprint density at radius 2 is 0.930 bits per heavy atom. The van der Waals surface area contributed by atoms with Gasteiger partial charge in [-0.2, -0.15) is 18.2 Å². The maximum Gasteiger partial charge on any atom is 0.310 e. The van der Waals surface area contributed by atoms with Gasteiger partial charge in [-0.3, -0.25) is 0 Å². The molecule has 7 rings (SSSR count). The van der Waals surface area contributed by atoms with E-state index in [-0.39, 0.29) is 25.6 Å². The molecule has 0 aliphatic rings. The van der Waals surface area contributed by atoms with E-state index in [0.717, 1.165) is 52.4 Å². The number of benzene rings is 6. The quantitative estimate of drug-likeness (QED) is 0.177. The molecule has 0 fully saturated rings. The number of hydrogen-bond donors (Lipinski definition) is 0. The Balaban J connectivity index is 0.00000329. The lowest BCUT2D eigenvalue weighted by atomic mass is 9.99. The van der Waals surface area contributed by atoms with Gasteiger partial charge >= 0.3 is 8.16 Å². The monoisotopic (exact) mass is 729 g/mol.